The number of rotatable bonds is 8. The van der Waals surface area contributed by atoms with Crippen LogP contribution < -0.4 is 15.1 Å². The van der Waals surface area contributed by atoms with Gasteiger partial charge in [-0.3, -0.25) is 0 Å². The fourth-order valence-electron chi connectivity index (χ4n) is 3.65. The van der Waals surface area contributed by atoms with Gasteiger partial charge >= 0.3 is 11.6 Å². The van der Waals surface area contributed by atoms with Gasteiger partial charge in [-0.15, -0.1) is 0 Å². The lowest BCUT2D eigenvalue weighted by Crippen LogP contribution is -2.43. The lowest BCUT2D eigenvalue weighted by atomic mass is 10.0. The Balaban J connectivity index is 1.98. The molecule has 3 rings (SSSR count). The minimum Gasteiger partial charge on any atom is -0.425 e. The van der Waals surface area contributed by atoms with E-state index in [4.69, 9.17) is 9.15 Å². The van der Waals surface area contributed by atoms with E-state index in [1.54, 1.807) is 31.2 Å². The predicted molar refractivity (Wildman–Crippen MR) is 127 cm³/mol. The third-order valence-corrected chi connectivity index (χ3v) is 6.73. The maximum atomic E-state index is 13.2. The minimum atomic E-state index is -3.94. The number of nitrogens with one attached hydrogen (secondary N) is 1. The summed E-state index contributed by atoms with van der Waals surface area (Å²) >= 11 is 0. The molecule has 0 saturated carbocycles. The number of hydrogen-bond acceptors (Lipinski definition) is 6. The number of fused-ring (bicyclic) bond motifs is 1. The number of aryl methyl sites for hydroxylation is 3. The molecule has 1 N–H and O–H groups in total. The summed E-state index contributed by atoms with van der Waals surface area (Å²) in [5.41, 5.74) is 2.19. The summed E-state index contributed by atoms with van der Waals surface area (Å²) in [7, 11) is -3.94. The highest BCUT2D eigenvalue weighted by Gasteiger charge is 2.29. The van der Waals surface area contributed by atoms with Crippen LogP contribution in [0.5, 0.6) is 5.75 Å². The molecule has 176 valence electrons. The summed E-state index contributed by atoms with van der Waals surface area (Å²) in [5, 5.41) is 0.528. The molecule has 3 aromatic rings. The van der Waals surface area contributed by atoms with Crippen LogP contribution in [-0.4, -0.2) is 20.4 Å². The first-order valence-electron chi connectivity index (χ1n) is 10.9. The molecule has 0 radical (unpaired) electrons. The lowest BCUT2D eigenvalue weighted by molar-refractivity contribution is -0.136. The summed E-state index contributed by atoms with van der Waals surface area (Å²) in [6.45, 7) is 9.33. The van der Waals surface area contributed by atoms with Crippen LogP contribution in [0.4, 0.5) is 0 Å². The first kappa shape index (κ1) is 24.7. The second-order valence-corrected chi connectivity index (χ2v) is 10.3. The Kier molecular flexibility index (Phi) is 7.39. The molecule has 0 spiro atoms. The zero-order chi connectivity index (χ0) is 24.3. The molecule has 1 aromatic heterocycles. The third kappa shape index (κ3) is 5.89. The van der Waals surface area contributed by atoms with Gasteiger partial charge in [0, 0.05) is 6.07 Å². The smallest absolute Gasteiger partial charge is 0.336 e. The van der Waals surface area contributed by atoms with Crippen molar-refractivity contribution in [1.29, 1.82) is 0 Å². The first-order chi connectivity index (χ1) is 15.5. The van der Waals surface area contributed by atoms with Gasteiger partial charge in [0.05, 0.1) is 10.3 Å². The molecule has 7 nitrogen and oxygen atoms in total. The van der Waals surface area contributed by atoms with Crippen LogP contribution in [0, 0.1) is 19.8 Å². The molecule has 1 atom stereocenters. The van der Waals surface area contributed by atoms with Crippen LogP contribution in [0.15, 0.2) is 56.6 Å². The average molecular weight is 472 g/mol. The van der Waals surface area contributed by atoms with Crippen molar-refractivity contribution in [2.45, 2.75) is 58.4 Å². The van der Waals surface area contributed by atoms with Crippen LogP contribution in [0.2, 0.25) is 0 Å². The molecule has 0 saturated heterocycles. The molecule has 0 bridgehead atoms. The number of hydrogen-bond donors (Lipinski definition) is 1. The van der Waals surface area contributed by atoms with Crippen LogP contribution in [0.3, 0.4) is 0 Å². The van der Waals surface area contributed by atoms with Gasteiger partial charge in [-0.2, -0.15) is 4.72 Å². The van der Waals surface area contributed by atoms with Crippen molar-refractivity contribution in [2.24, 2.45) is 5.92 Å². The zero-order valence-corrected chi connectivity index (χ0v) is 20.3. The van der Waals surface area contributed by atoms with Crippen LogP contribution in [0.1, 0.15) is 43.9 Å². The number of carbonyl (C=O) groups excluding carboxylic acids is 1. The van der Waals surface area contributed by atoms with E-state index in [1.165, 1.54) is 18.2 Å². The van der Waals surface area contributed by atoms with E-state index >= 15 is 0 Å². The van der Waals surface area contributed by atoms with Crippen molar-refractivity contribution in [2.75, 3.05) is 0 Å². The molecule has 1 heterocycles. The number of esters is 1. The first-order valence-corrected chi connectivity index (χ1v) is 12.4. The Hall–Kier alpha value is -2.97. The quantitative estimate of drug-likeness (QED) is 0.299. The third-order valence-electron chi connectivity index (χ3n) is 5.25. The highest BCUT2D eigenvalue weighted by atomic mass is 32.2. The van der Waals surface area contributed by atoms with Gasteiger partial charge in [-0.25, -0.2) is 18.0 Å². The molecule has 0 unspecified atom stereocenters. The molecular formula is C25H29NO6S. The van der Waals surface area contributed by atoms with E-state index in [9.17, 15) is 18.0 Å². The SMILES string of the molecule is CCc1cc(=O)oc2cc(C)cc(OC(=O)[C@H](CC(C)C)NS(=O)(=O)c3ccc(C)cc3)c12. The Morgan fingerprint density at radius 3 is 2.33 bits per heavy atom. The van der Waals surface area contributed by atoms with Gasteiger partial charge in [-0.05, 0) is 68.0 Å². The molecule has 8 heteroatoms. The van der Waals surface area contributed by atoms with Gasteiger partial charge in [0.25, 0.3) is 0 Å². The highest BCUT2D eigenvalue weighted by molar-refractivity contribution is 7.89. The zero-order valence-electron chi connectivity index (χ0n) is 19.5. The van der Waals surface area contributed by atoms with E-state index in [1.807, 2.05) is 27.7 Å². The standard InChI is InChI=1S/C25H29NO6S/c1-6-18-14-23(27)31-21-12-17(5)13-22(24(18)21)32-25(28)20(11-15(2)3)26-33(29,30)19-9-7-16(4)8-10-19/h7-10,12-15,20,26H,6,11H2,1-5H3/t20-/m0/s1. The van der Waals surface area contributed by atoms with Gasteiger partial charge in [0.15, 0.2) is 0 Å². The number of ether oxygens (including phenoxy) is 1. The maximum absolute atomic E-state index is 13.2. The van der Waals surface area contributed by atoms with Gasteiger partial charge < -0.3 is 9.15 Å². The Morgan fingerprint density at radius 1 is 1.06 bits per heavy atom. The van der Waals surface area contributed by atoms with Crippen molar-refractivity contribution < 1.29 is 22.4 Å². The molecule has 2 aromatic carbocycles. The number of benzene rings is 2. The second-order valence-electron chi connectivity index (χ2n) is 8.62. The van der Waals surface area contributed by atoms with Crippen LogP contribution in [0.25, 0.3) is 11.0 Å². The van der Waals surface area contributed by atoms with E-state index < -0.39 is 27.7 Å². The molecule has 0 aliphatic heterocycles. The number of carbonyl (C=O) groups is 1. The molecule has 33 heavy (non-hydrogen) atoms. The van der Waals surface area contributed by atoms with E-state index in [0.29, 0.717) is 23.0 Å². The Morgan fingerprint density at radius 2 is 1.73 bits per heavy atom. The fourth-order valence-corrected chi connectivity index (χ4v) is 4.84. The molecular weight excluding hydrogens is 442 g/mol. The van der Waals surface area contributed by atoms with Crippen molar-refractivity contribution in [3.8, 4) is 5.75 Å². The summed E-state index contributed by atoms with van der Waals surface area (Å²) in [5.74, 6) is -0.458. The topological polar surface area (TPSA) is 103 Å². The highest BCUT2D eigenvalue weighted by Crippen LogP contribution is 2.31. The van der Waals surface area contributed by atoms with E-state index in [0.717, 1.165) is 11.1 Å². The summed E-state index contributed by atoms with van der Waals surface area (Å²) in [6, 6.07) is 10.1. The monoisotopic (exact) mass is 471 g/mol. The largest absolute Gasteiger partial charge is 0.425 e. The molecule has 0 fully saturated rings. The van der Waals surface area contributed by atoms with Crippen molar-refractivity contribution in [3.63, 3.8) is 0 Å². The van der Waals surface area contributed by atoms with Gasteiger partial charge in [0.1, 0.15) is 17.4 Å². The van der Waals surface area contributed by atoms with E-state index in [2.05, 4.69) is 4.72 Å². The summed E-state index contributed by atoms with van der Waals surface area (Å²) in [4.78, 5) is 25.2. The minimum absolute atomic E-state index is 0.0294. The second kappa shape index (κ2) is 9.89. The van der Waals surface area contributed by atoms with E-state index in [-0.39, 0.29) is 23.0 Å². The van der Waals surface area contributed by atoms with Crippen LogP contribution >= 0.6 is 0 Å². The van der Waals surface area contributed by atoms with Crippen LogP contribution in [-0.2, 0) is 21.2 Å². The Bertz CT molecular complexity index is 1320. The van der Waals surface area contributed by atoms with Crippen molar-refractivity contribution in [1.82, 2.24) is 4.72 Å². The predicted octanol–water partition coefficient (Wildman–Crippen LogP) is 4.27. The normalized spacial score (nSPS) is 12.8. The van der Waals surface area contributed by atoms with Crippen molar-refractivity contribution >= 4 is 27.0 Å². The van der Waals surface area contributed by atoms with Gasteiger partial charge in [0.2, 0.25) is 10.0 Å². The summed E-state index contributed by atoms with van der Waals surface area (Å²) < 4.78 is 39.4. The Labute approximate surface area is 193 Å². The van der Waals surface area contributed by atoms with Gasteiger partial charge in [-0.1, -0.05) is 38.5 Å². The maximum Gasteiger partial charge on any atom is 0.336 e. The van der Waals surface area contributed by atoms with Crippen molar-refractivity contribution in [3.05, 3.63) is 69.6 Å². The molecule has 0 aliphatic rings. The lowest BCUT2D eigenvalue weighted by Gasteiger charge is -2.20. The fraction of sp³-hybridized carbons (Fsp3) is 0.360. The summed E-state index contributed by atoms with van der Waals surface area (Å²) in [6.07, 6.45) is 0.786. The molecule has 0 amide bonds. The number of sulfonamides is 1. The molecule has 0 aliphatic carbocycles. The average Bonchev–Trinajstić information content (AvgIpc) is 2.71.